The molecule has 0 heterocycles. The predicted molar refractivity (Wildman–Crippen MR) is 84.0 cm³/mol. The van der Waals surface area contributed by atoms with Crippen molar-refractivity contribution in [2.45, 2.75) is 50.6 Å². The first-order chi connectivity index (χ1) is 9.53. The molecule has 2 rings (SSSR count). The molecule has 0 bridgehead atoms. The van der Waals surface area contributed by atoms with Crippen molar-refractivity contribution < 1.29 is 5.11 Å². The van der Waals surface area contributed by atoms with Gasteiger partial charge in [0.05, 0.1) is 0 Å². The van der Waals surface area contributed by atoms with Crippen LogP contribution in [0.15, 0.2) is 24.3 Å². The summed E-state index contributed by atoms with van der Waals surface area (Å²) in [6, 6.07) is 7.83. The van der Waals surface area contributed by atoms with Crippen LogP contribution in [0.5, 0.6) is 5.75 Å². The summed E-state index contributed by atoms with van der Waals surface area (Å²) in [7, 11) is 4.41. The monoisotopic (exact) mass is 276 g/mol. The third kappa shape index (κ3) is 3.53. The molecule has 1 atom stereocenters. The maximum absolute atomic E-state index is 9.36. The van der Waals surface area contributed by atoms with Crippen molar-refractivity contribution in [2.75, 3.05) is 20.6 Å². The molecule has 1 fully saturated rings. The van der Waals surface area contributed by atoms with Crippen molar-refractivity contribution in [3.05, 3.63) is 29.8 Å². The molecule has 0 saturated heterocycles. The van der Waals surface area contributed by atoms with Gasteiger partial charge >= 0.3 is 0 Å². The van der Waals surface area contributed by atoms with E-state index in [0.717, 1.165) is 6.54 Å². The normalized spacial score (nSPS) is 20.0. The average molecular weight is 276 g/mol. The minimum absolute atomic E-state index is 0.309. The second-order valence-corrected chi connectivity index (χ2v) is 6.37. The van der Waals surface area contributed by atoms with E-state index in [-0.39, 0.29) is 0 Å². The summed E-state index contributed by atoms with van der Waals surface area (Å²) < 4.78 is 0. The van der Waals surface area contributed by atoms with Crippen LogP contribution in [0.4, 0.5) is 0 Å². The molecule has 0 aliphatic heterocycles. The third-order valence-corrected chi connectivity index (χ3v) is 4.86. The van der Waals surface area contributed by atoms with E-state index < -0.39 is 0 Å². The highest BCUT2D eigenvalue weighted by Gasteiger charge is 2.34. The zero-order chi connectivity index (χ0) is 14.6. The van der Waals surface area contributed by atoms with E-state index in [9.17, 15) is 5.11 Å². The van der Waals surface area contributed by atoms with Crippen molar-refractivity contribution in [2.24, 2.45) is 0 Å². The Bertz CT molecular complexity index is 408. The number of aromatic hydroxyl groups is 1. The molecule has 0 aromatic heterocycles. The third-order valence-electron chi connectivity index (χ3n) is 4.86. The number of hydrogen-bond donors (Lipinski definition) is 2. The number of benzene rings is 1. The van der Waals surface area contributed by atoms with Gasteiger partial charge in [-0.2, -0.15) is 0 Å². The lowest BCUT2D eigenvalue weighted by Crippen LogP contribution is -2.53. The van der Waals surface area contributed by atoms with E-state index >= 15 is 0 Å². The van der Waals surface area contributed by atoms with E-state index in [2.05, 4.69) is 31.2 Å². The maximum atomic E-state index is 9.36. The molecule has 2 N–H and O–H groups in total. The molecule has 0 amide bonds. The molecule has 20 heavy (non-hydrogen) atoms. The summed E-state index contributed by atoms with van der Waals surface area (Å²) in [5.74, 6) is 0.331. The first-order valence-electron chi connectivity index (χ1n) is 7.73. The SMILES string of the molecule is CC(NCC1(N(C)C)CCCCC1)c1ccc(O)cc1. The van der Waals surface area contributed by atoms with Gasteiger partial charge in [-0.3, -0.25) is 0 Å². The van der Waals surface area contributed by atoms with Gasteiger partial charge in [0.15, 0.2) is 0 Å². The van der Waals surface area contributed by atoms with Crippen LogP contribution in [0.1, 0.15) is 50.6 Å². The van der Waals surface area contributed by atoms with Crippen LogP contribution in [-0.2, 0) is 0 Å². The minimum Gasteiger partial charge on any atom is -0.508 e. The zero-order valence-corrected chi connectivity index (χ0v) is 13.0. The average Bonchev–Trinajstić information content (AvgIpc) is 2.46. The first-order valence-corrected chi connectivity index (χ1v) is 7.73. The van der Waals surface area contributed by atoms with Gasteiger partial charge in [0.2, 0.25) is 0 Å². The van der Waals surface area contributed by atoms with Gasteiger partial charge in [0.25, 0.3) is 0 Å². The molecule has 1 unspecified atom stereocenters. The summed E-state index contributed by atoms with van der Waals surface area (Å²) in [5.41, 5.74) is 1.54. The molecular weight excluding hydrogens is 248 g/mol. The van der Waals surface area contributed by atoms with Gasteiger partial charge in [0.1, 0.15) is 5.75 Å². The van der Waals surface area contributed by atoms with Gasteiger partial charge in [0, 0.05) is 18.1 Å². The fraction of sp³-hybridized carbons (Fsp3) is 0.647. The van der Waals surface area contributed by atoms with Crippen LogP contribution in [0.25, 0.3) is 0 Å². The molecule has 1 aliphatic carbocycles. The number of rotatable bonds is 5. The Kier molecular flexibility index (Phi) is 5.06. The smallest absolute Gasteiger partial charge is 0.115 e. The standard InChI is InChI=1S/C17H28N2O/c1-14(15-7-9-16(20)10-8-15)18-13-17(19(2)3)11-5-4-6-12-17/h7-10,14,18,20H,4-6,11-13H2,1-3H3. The lowest BCUT2D eigenvalue weighted by atomic mass is 9.80. The van der Waals surface area contributed by atoms with Gasteiger partial charge in [-0.15, -0.1) is 0 Å². The molecule has 1 aromatic carbocycles. The van der Waals surface area contributed by atoms with Crippen molar-refractivity contribution in [1.82, 2.24) is 10.2 Å². The lowest BCUT2D eigenvalue weighted by Gasteiger charge is -2.44. The predicted octanol–water partition coefficient (Wildman–Crippen LogP) is 3.31. The summed E-state index contributed by atoms with van der Waals surface area (Å²) in [4.78, 5) is 2.41. The summed E-state index contributed by atoms with van der Waals surface area (Å²) >= 11 is 0. The minimum atomic E-state index is 0.309. The highest BCUT2D eigenvalue weighted by Crippen LogP contribution is 2.32. The number of nitrogens with one attached hydrogen (secondary N) is 1. The van der Waals surface area contributed by atoms with Gasteiger partial charge < -0.3 is 15.3 Å². The molecule has 0 spiro atoms. The molecule has 1 aromatic rings. The molecule has 1 aliphatic rings. The Hall–Kier alpha value is -1.06. The first kappa shape index (κ1) is 15.3. The Morgan fingerprint density at radius 1 is 1.15 bits per heavy atom. The number of phenolic OH excluding ortho intramolecular Hbond substituents is 1. The maximum Gasteiger partial charge on any atom is 0.115 e. The Labute approximate surface area is 123 Å². The van der Waals surface area contributed by atoms with Crippen molar-refractivity contribution in [1.29, 1.82) is 0 Å². The Morgan fingerprint density at radius 2 is 1.75 bits per heavy atom. The van der Waals surface area contributed by atoms with Crippen molar-refractivity contribution in [3.8, 4) is 5.75 Å². The molecule has 0 radical (unpaired) electrons. The summed E-state index contributed by atoms with van der Waals surface area (Å²) in [5, 5.41) is 13.0. The molecule has 1 saturated carbocycles. The topological polar surface area (TPSA) is 35.5 Å². The van der Waals surface area contributed by atoms with E-state index in [4.69, 9.17) is 0 Å². The highest BCUT2D eigenvalue weighted by molar-refractivity contribution is 5.27. The number of nitrogens with zero attached hydrogens (tertiary/aromatic N) is 1. The number of likely N-dealkylation sites (N-methyl/N-ethyl adjacent to an activating group) is 1. The zero-order valence-electron chi connectivity index (χ0n) is 13.0. The summed E-state index contributed by atoms with van der Waals surface area (Å²) in [6.07, 6.45) is 6.63. The van der Waals surface area contributed by atoms with E-state index in [1.54, 1.807) is 12.1 Å². The van der Waals surface area contributed by atoms with Gasteiger partial charge in [-0.1, -0.05) is 31.4 Å². The molecule has 3 nitrogen and oxygen atoms in total. The van der Waals surface area contributed by atoms with Crippen LogP contribution >= 0.6 is 0 Å². The second kappa shape index (κ2) is 6.59. The number of hydrogen-bond acceptors (Lipinski definition) is 3. The summed E-state index contributed by atoms with van der Waals surface area (Å²) in [6.45, 7) is 3.22. The lowest BCUT2D eigenvalue weighted by molar-refractivity contribution is 0.0958. The highest BCUT2D eigenvalue weighted by atomic mass is 16.3. The Balaban J connectivity index is 1.96. The fourth-order valence-corrected chi connectivity index (χ4v) is 3.22. The van der Waals surface area contributed by atoms with E-state index in [0.29, 0.717) is 17.3 Å². The van der Waals surface area contributed by atoms with Crippen LogP contribution in [0.3, 0.4) is 0 Å². The molecule has 3 heteroatoms. The van der Waals surface area contributed by atoms with Crippen LogP contribution in [0, 0.1) is 0 Å². The van der Waals surface area contributed by atoms with Crippen LogP contribution in [-0.4, -0.2) is 36.2 Å². The van der Waals surface area contributed by atoms with Gasteiger partial charge in [-0.05, 0) is 51.6 Å². The quantitative estimate of drug-likeness (QED) is 0.866. The van der Waals surface area contributed by atoms with Crippen molar-refractivity contribution in [3.63, 3.8) is 0 Å². The molecule has 112 valence electrons. The van der Waals surface area contributed by atoms with Gasteiger partial charge in [-0.25, -0.2) is 0 Å². The number of phenols is 1. The van der Waals surface area contributed by atoms with E-state index in [1.165, 1.54) is 37.7 Å². The molecular formula is C17H28N2O. The van der Waals surface area contributed by atoms with E-state index in [1.807, 2.05) is 12.1 Å². The van der Waals surface area contributed by atoms with Crippen LogP contribution < -0.4 is 5.32 Å². The van der Waals surface area contributed by atoms with Crippen LogP contribution in [0.2, 0.25) is 0 Å². The fourth-order valence-electron chi connectivity index (χ4n) is 3.22. The largest absolute Gasteiger partial charge is 0.508 e. The van der Waals surface area contributed by atoms with Crippen molar-refractivity contribution >= 4 is 0 Å². The second-order valence-electron chi connectivity index (χ2n) is 6.37. The Morgan fingerprint density at radius 3 is 2.30 bits per heavy atom.